The largest absolute Gasteiger partial charge is 0.392 e. The molecule has 1 aliphatic rings. The van der Waals surface area contributed by atoms with Gasteiger partial charge in [-0.25, -0.2) is 4.39 Å². The van der Waals surface area contributed by atoms with Gasteiger partial charge in [0.1, 0.15) is 36.3 Å². The van der Waals surface area contributed by atoms with Crippen LogP contribution >= 0.6 is 0 Å². The molecule has 5 aromatic carbocycles. The average molecular weight is 649 g/mol. The molecule has 48 heavy (non-hydrogen) atoms. The van der Waals surface area contributed by atoms with Gasteiger partial charge in [-0.2, -0.15) is 0 Å². The SMILES string of the molecule is OCc1cc(F)cc([C@@H]2O[C@H](COCc3ccccc3)[C@@H](OCc3ccccc3)C(OCc3ccccc3)[C@H]2OCc2ccccc2)c1. The van der Waals surface area contributed by atoms with Crippen LogP contribution in [0.5, 0.6) is 0 Å². The summed E-state index contributed by atoms with van der Waals surface area (Å²) in [5.74, 6) is -0.469. The van der Waals surface area contributed by atoms with Crippen LogP contribution in [0.1, 0.15) is 39.5 Å². The molecule has 248 valence electrons. The minimum atomic E-state index is -0.752. The third kappa shape index (κ3) is 9.23. The Morgan fingerprint density at radius 3 is 1.48 bits per heavy atom. The third-order valence-electron chi connectivity index (χ3n) is 8.37. The van der Waals surface area contributed by atoms with Gasteiger partial charge >= 0.3 is 0 Å². The summed E-state index contributed by atoms with van der Waals surface area (Å²) in [5, 5.41) is 9.96. The van der Waals surface area contributed by atoms with Crippen molar-refractivity contribution in [1.29, 1.82) is 0 Å². The van der Waals surface area contributed by atoms with Crippen molar-refractivity contribution in [1.82, 2.24) is 0 Å². The predicted octanol–water partition coefficient (Wildman–Crippen LogP) is 7.73. The smallest absolute Gasteiger partial charge is 0.123 e. The van der Waals surface area contributed by atoms with E-state index in [2.05, 4.69) is 0 Å². The highest BCUT2D eigenvalue weighted by atomic mass is 19.1. The van der Waals surface area contributed by atoms with Crippen molar-refractivity contribution < 1.29 is 33.2 Å². The Bertz CT molecular complexity index is 1650. The van der Waals surface area contributed by atoms with Crippen LogP contribution in [0.4, 0.5) is 4.39 Å². The Hall–Kier alpha value is -4.21. The quantitative estimate of drug-likeness (QED) is 0.125. The zero-order valence-electron chi connectivity index (χ0n) is 26.8. The molecule has 6 nitrogen and oxygen atoms in total. The van der Waals surface area contributed by atoms with Crippen molar-refractivity contribution in [2.45, 2.75) is 63.6 Å². The van der Waals surface area contributed by atoms with E-state index in [1.807, 2.05) is 121 Å². The fraction of sp³-hybridized carbons (Fsp3) is 0.268. The molecule has 6 rings (SSSR count). The van der Waals surface area contributed by atoms with Gasteiger partial charge in [-0.1, -0.05) is 127 Å². The summed E-state index contributed by atoms with van der Waals surface area (Å²) in [7, 11) is 0. The molecular formula is C41H41FO6. The number of halogens is 1. The zero-order valence-corrected chi connectivity index (χ0v) is 26.8. The molecule has 5 aromatic rings. The summed E-state index contributed by atoms with van der Waals surface area (Å²) in [6.45, 7) is 1.17. The van der Waals surface area contributed by atoms with Crippen LogP contribution in [0.15, 0.2) is 140 Å². The van der Waals surface area contributed by atoms with E-state index in [-0.39, 0.29) is 19.8 Å². The fourth-order valence-corrected chi connectivity index (χ4v) is 5.99. The van der Waals surface area contributed by atoms with E-state index < -0.39 is 36.3 Å². The summed E-state index contributed by atoms with van der Waals surface area (Å²) >= 11 is 0. The molecule has 1 N–H and O–H groups in total. The highest BCUT2D eigenvalue weighted by molar-refractivity contribution is 5.28. The van der Waals surface area contributed by atoms with Crippen molar-refractivity contribution in [2.24, 2.45) is 0 Å². The number of hydrogen-bond donors (Lipinski definition) is 1. The maximum atomic E-state index is 15.0. The average Bonchev–Trinajstić information content (AvgIpc) is 3.14. The lowest BCUT2D eigenvalue weighted by Crippen LogP contribution is -2.58. The summed E-state index contributed by atoms with van der Waals surface area (Å²) in [4.78, 5) is 0. The first-order valence-electron chi connectivity index (χ1n) is 16.3. The molecule has 7 heteroatoms. The molecule has 0 aliphatic carbocycles. The Labute approximate surface area is 281 Å². The van der Waals surface area contributed by atoms with Crippen molar-refractivity contribution in [3.8, 4) is 0 Å². The second-order valence-electron chi connectivity index (χ2n) is 11.9. The Morgan fingerprint density at radius 1 is 0.521 bits per heavy atom. The van der Waals surface area contributed by atoms with E-state index in [0.717, 1.165) is 22.3 Å². The first-order chi connectivity index (χ1) is 23.7. The van der Waals surface area contributed by atoms with E-state index in [0.29, 0.717) is 30.9 Å². The molecule has 1 unspecified atom stereocenters. The van der Waals surface area contributed by atoms with Gasteiger partial charge in [0.2, 0.25) is 0 Å². The highest BCUT2D eigenvalue weighted by Crippen LogP contribution is 2.39. The van der Waals surface area contributed by atoms with E-state index in [4.69, 9.17) is 23.7 Å². The maximum Gasteiger partial charge on any atom is 0.123 e. The first-order valence-corrected chi connectivity index (χ1v) is 16.3. The molecule has 0 radical (unpaired) electrons. The minimum Gasteiger partial charge on any atom is -0.392 e. The maximum absolute atomic E-state index is 15.0. The Morgan fingerprint density at radius 2 is 0.979 bits per heavy atom. The van der Waals surface area contributed by atoms with Gasteiger partial charge in [0.25, 0.3) is 0 Å². The van der Waals surface area contributed by atoms with Crippen LogP contribution in [0.2, 0.25) is 0 Å². The van der Waals surface area contributed by atoms with Crippen LogP contribution in [-0.4, -0.2) is 36.1 Å². The van der Waals surface area contributed by atoms with Crippen molar-refractivity contribution in [3.63, 3.8) is 0 Å². The van der Waals surface area contributed by atoms with Gasteiger partial charge in [0.15, 0.2) is 0 Å². The van der Waals surface area contributed by atoms with Crippen LogP contribution in [-0.2, 0) is 56.7 Å². The molecule has 0 aromatic heterocycles. The predicted molar refractivity (Wildman–Crippen MR) is 181 cm³/mol. The third-order valence-corrected chi connectivity index (χ3v) is 8.37. The molecule has 0 saturated carbocycles. The number of ether oxygens (including phenoxy) is 5. The summed E-state index contributed by atoms with van der Waals surface area (Å²) in [6.07, 6.45) is -3.29. The zero-order chi connectivity index (χ0) is 33.0. The number of benzene rings is 5. The molecule has 5 atom stereocenters. The molecule has 1 aliphatic heterocycles. The second-order valence-corrected chi connectivity index (χ2v) is 11.9. The number of aliphatic hydroxyl groups excluding tert-OH is 1. The first kappa shape index (κ1) is 33.7. The van der Waals surface area contributed by atoms with Gasteiger partial charge in [0.05, 0.1) is 39.6 Å². The highest BCUT2D eigenvalue weighted by Gasteiger charge is 2.49. The monoisotopic (exact) mass is 648 g/mol. The molecule has 1 fully saturated rings. The molecule has 0 bridgehead atoms. The van der Waals surface area contributed by atoms with Gasteiger partial charge in [-0.05, 0) is 45.5 Å². The molecule has 1 heterocycles. The molecular weight excluding hydrogens is 607 g/mol. The minimum absolute atomic E-state index is 0.198. The van der Waals surface area contributed by atoms with Gasteiger partial charge in [-0.3, -0.25) is 0 Å². The van der Waals surface area contributed by atoms with Crippen LogP contribution in [0.25, 0.3) is 0 Å². The van der Waals surface area contributed by atoms with E-state index in [1.54, 1.807) is 6.07 Å². The summed E-state index contributed by atoms with van der Waals surface area (Å²) in [5.41, 5.74) is 4.99. The van der Waals surface area contributed by atoms with Crippen molar-refractivity contribution in [3.05, 3.63) is 179 Å². The van der Waals surface area contributed by atoms with Crippen molar-refractivity contribution >= 4 is 0 Å². The Balaban J connectivity index is 1.37. The summed E-state index contributed by atoms with van der Waals surface area (Å²) < 4.78 is 48.3. The lowest BCUT2D eigenvalue weighted by Gasteiger charge is -2.46. The summed E-state index contributed by atoms with van der Waals surface area (Å²) in [6, 6.07) is 44.2. The molecule has 0 amide bonds. The van der Waals surface area contributed by atoms with Crippen molar-refractivity contribution in [2.75, 3.05) is 6.61 Å². The number of rotatable bonds is 15. The number of aliphatic hydroxyl groups is 1. The number of hydrogen-bond acceptors (Lipinski definition) is 6. The molecule has 1 saturated heterocycles. The van der Waals surface area contributed by atoms with Crippen LogP contribution in [0.3, 0.4) is 0 Å². The topological polar surface area (TPSA) is 66.4 Å². The normalized spacial score (nSPS) is 20.8. The fourth-order valence-electron chi connectivity index (χ4n) is 5.99. The van der Waals surface area contributed by atoms with Gasteiger partial charge < -0.3 is 28.8 Å². The van der Waals surface area contributed by atoms with Gasteiger partial charge in [-0.15, -0.1) is 0 Å². The van der Waals surface area contributed by atoms with Gasteiger partial charge in [0, 0.05) is 0 Å². The van der Waals surface area contributed by atoms with E-state index in [9.17, 15) is 9.50 Å². The van der Waals surface area contributed by atoms with Crippen LogP contribution < -0.4 is 0 Å². The lowest BCUT2D eigenvalue weighted by atomic mass is 9.89. The van der Waals surface area contributed by atoms with E-state index >= 15 is 0 Å². The lowest BCUT2D eigenvalue weighted by molar-refractivity contribution is -0.275. The van der Waals surface area contributed by atoms with Crippen LogP contribution in [0, 0.1) is 5.82 Å². The Kier molecular flexibility index (Phi) is 12.1. The second kappa shape index (κ2) is 17.3. The molecule has 0 spiro atoms. The standard InChI is InChI=1S/C41H41FO6/c42-36-22-34(24-43)21-35(23-36)38-40(46-27-32-17-9-3-10-18-32)41(47-28-33-19-11-4-12-20-33)39(45-26-31-15-7-2-8-16-31)37(48-38)29-44-25-30-13-5-1-6-14-30/h1-23,37-41,43H,24-29H2/t37-,38+,39-,40+,41?/m1/s1. The van der Waals surface area contributed by atoms with E-state index in [1.165, 1.54) is 12.1 Å².